The summed E-state index contributed by atoms with van der Waals surface area (Å²) in [7, 11) is 0. The molecule has 0 atom stereocenters. The Labute approximate surface area is 104 Å². The minimum atomic E-state index is -0.420. The predicted octanol–water partition coefficient (Wildman–Crippen LogP) is 1.93. The van der Waals surface area contributed by atoms with Crippen LogP contribution in [-0.2, 0) is 0 Å². The second-order valence-electron chi connectivity index (χ2n) is 3.89. The van der Waals surface area contributed by atoms with E-state index in [1.54, 1.807) is 6.07 Å². The van der Waals surface area contributed by atoms with Crippen molar-refractivity contribution in [2.24, 2.45) is 0 Å². The van der Waals surface area contributed by atoms with Crippen molar-refractivity contribution in [3.8, 4) is 5.75 Å². The van der Waals surface area contributed by atoms with E-state index in [1.807, 2.05) is 19.1 Å². The molecule has 0 saturated carbocycles. The second-order valence-corrected chi connectivity index (χ2v) is 3.89. The Kier molecular flexibility index (Phi) is 3.14. The SMILES string of the molecule is Cc1cccc(N)c1NC(=O)c1ccncc1O. The number of aromatic hydroxyl groups is 1. The molecule has 18 heavy (non-hydrogen) atoms. The number of nitrogens with zero attached hydrogens (tertiary/aromatic N) is 1. The zero-order chi connectivity index (χ0) is 13.1. The van der Waals surface area contributed by atoms with Crippen molar-refractivity contribution in [2.45, 2.75) is 6.92 Å². The fourth-order valence-corrected chi connectivity index (χ4v) is 1.62. The number of carbonyl (C=O) groups is 1. The molecule has 5 nitrogen and oxygen atoms in total. The lowest BCUT2D eigenvalue weighted by Gasteiger charge is -2.11. The summed E-state index contributed by atoms with van der Waals surface area (Å²) >= 11 is 0. The topological polar surface area (TPSA) is 88.2 Å². The molecular weight excluding hydrogens is 230 g/mol. The molecule has 2 aromatic rings. The first-order valence-electron chi connectivity index (χ1n) is 5.39. The third-order valence-electron chi connectivity index (χ3n) is 2.59. The molecule has 1 aromatic carbocycles. The molecule has 0 aliphatic heterocycles. The number of aromatic nitrogens is 1. The Hall–Kier alpha value is -2.56. The van der Waals surface area contributed by atoms with Crippen molar-refractivity contribution in [3.63, 3.8) is 0 Å². The Balaban J connectivity index is 2.30. The number of nitrogen functional groups attached to an aromatic ring is 1. The number of anilines is 2. The molecule has 0 aliphatic rings. The maximum atomic E-state index is 12.0. The van der Waals surface area contributed by atoms with Crippen LogP contribution in [0.2, 0.25) is 0 Å². The Morgan fingerprint density at radius 1 is 1.39 bits per heavy atom. The third-order valence-corrected chi connectivity index (χ3v) is 2.59. The zero-order valence-corrected chi connectivity index (χ0v) is 9.84. The average molecular weight is 243 g/mol. The molecule has 5 heteroatoms. The number of carbonyl (C=O) groups excluding carboxylic acids is 1. The van der Waals surface area contributed by atoms with Crippen LogP contribution >= 0.6 is 0 Å². The molecule has 1 amide bonds. The monoisotopic (exact) mass is 243 g/mol. The van der Waals surface area contributed by atoms with Crippen LogP contribution in [0.25, 0.3) is 0 Å². The highest BCUT2D eigenvalue weighted by atomic mass is 16.3. The summed E-state index contributed by atoms with van der Waals surface area (Å²) in [6.45, 7) is 1.85. The molecule has 0 aliphatic carbocycles. The summed E-state index contributed by atoms with van der Waals surface area (Å²) < 4.78 is 0. The number of hydrogen-bond donors (Lipinski definition) is 3. The molecule has 0 spiro atoms. The smallest absolute Gasteiger partial charge is 0.259 e. The van der Waals surface area contributed by atoms with Gasteiger partial charge >= 0.3 is 0 Å². The van der Waals surface area contributed by atoms with Gasteiger partial charge in [-0.3, -0.25) is 9.78 Å². The summed E-state index contributed by atoms with van der Waals surface area (Å²) in [6.07, 6.45) is 2.66. The van der Waals surface area contributed by atoms with E-state index in [1.165, 1.54) is 18.5 Å². The number of para-hydroxylation sites is 1. The number of rotatable bonds is 2. The molecule has 0 saturated heterocycles. The Bertz CT molecular complexity index is 576. The summed E-state index contributed by atoms with van der Waals surface area (Å²) in [5.41, 5.74) is 7.85. The van der Waals surface area contributed by atoms with Crippen LogP contribution in [0.1, 0.15) is 15.9 Å². The van der Waals surface area contributed by atoms with Crippen LogP contribution in [0.5, 0.6) is 5.75 Å². The number of aryl methyl sites for hydroxylation is 1. The number of nitrogens with one attached hydrogen (secondary N) is 1. The summed E-state index contributed by atoms with van der Waals surface area (Å²) in [4.78, 5) is 15.7. The van der Waals surface area contributed by atoms with Gasteiger partial charge in [-0.25, -0.2) is 0 Å². The van der Waals surface area contributed by atoms with E-state index in [-0.39, 0.29) is 11.3 Å². The lowest BCUT2D eigenvalue weighted by atomic mass is 10.1. The maximum absolute atomic E-state index is 12.0. The lowest BCUT2D eigenvalue weighted by Crippen LogP contribution is -2.14. The van der Waals surface area contributed by atoms with Crippen LogP contribution in [0.15, 0.2) is 36.7 Å². The van der Waals surface area contributed by atoms with Gasteiger partial charge in [0.2, 0.25) is 0 Å². The fourth-order valence-electron chi connectivity index (χ4n) is 1.62. The van der Waals surface area contributed by atoms with Crippen molar-refractivity contribution in [2.75, 3.05) is 11.1 Å². The first kappa shape index (κ1) is 11.9. The molecule has 2 rings (SSSR count). The van der Waals surface area contributed by atoms with E-state index in [4.69, 9.17) is 5.73 Å². The van der Waals surface area contributed by atoms with Gasteiger partial charge in [0.25, 0.3) is 5.91 Å². The van der Waals surface area contributed by atoms with Crippen LogP contribution < -0.4 is 11.1 Å². The summed E-state index contributed by atoms with van der Waals surface area (Å²) in [5.74, 6) is -0.585. The first-order valence-corrected chi connectivity index (χ1v) is 5.39. The van der Waals surface area contributed by atoms with Crippen LogP contribution in [0.3, 0.4) is 0 Å². The highest BCUT2D eigenvalue weighted by Gasteiger charge is 2.13. The van der Waals surface area contributed by atoms with Gasteiger partial charge in [0.15, 0.2) is 0 Å². The van der Waals surface area contributed by atoms with Crippen LogP contribution in [-0.4, -0.2) is 16.0 Å². The number of nitrogens with two attached hydrogens (primary N) is 1. The maximum Gasteiger partial charge on any atom is 0.259 e. The molecule has 4 N–H and O–H groups in total. The van der Waals surface area contributed by atoms with Gasteiger partial charge in [-0.05, 0) is 24.6 Å². The van der Waals surface area contributed by atoms with Crippen molar-refractivity contribution < 1.29 is 9.90 Å². The number of amides is 1. The van der Waals surface area contributed by atoms with Crippen LogP contribution in [0.4, 0.5) is 11.4 Å². The first-order chi connectivity index (χ1) is 8.59. The number of benzene rings is 1. The van der Waals surface area contributed by atoms with Gasteiger partial charge in [-0.2, -0.15) is 0 Å². The molecule has 0 fully saturated rings. The summed E-state index contributed by atoms with van der Waals surface area (Å²) in [5, 5.41) is 12.2. The molecule has 1 heterocycles. The summed E-state index contributed by atoms with van der Waals surface area (Å²) in [6, 6.07) is 6.80. The zero-order valence-electron chi connectivity index (χ0n) is 9.84. The van der Waals surface area contributed by atoms with Gasteiger partial charge in [-0.1, -0.05) is 12.1 Å². The van der Waals surface area contributed by atoms with Crippen molar-refractivity contribution in [1.82, 2.24) is 4.98 Å². The van der Waals surface area contributed by atoms with Crippen molar-refractivity contribution >= 4 is 17.3 Å². The highest BCUT2D eigenvalue weighted by Crippen LogP contribution is 2.24. The molecular formula is C13H13N3O2. The van der Waals surface area contributed by atoms with Gasteiger partial charge in [0, 0.05) is 6.20 Å². The van der Waals surface area contributed by atoms with Gasteiger partial charge < -0.3 is 16.2 Å². The minimum Gasteiger partial charge on any atom is -0.505 e. The average Bonchev–Trinajstić information content (AvgIpc) is 2.34. The quantitative estimate of drug-likeness (QED) is 0.703. The second kappa shape index (κ2) is 4.75. The molecule has 0 radical (unpaired) electrons. The Morgan fingerprint density at radius 2 is 2.17 bits per heavy atom. The molecule has 0 bridgehead atoms. The molecule has 1 aromatic heterocycles. The number of pyridine rings is 1. The van der Waals surface area contributed by atoms with Crippen molar-refractivity contribution in [1.29, 1.82) is 0 Å². The standard InChI is InChI=1S/C13H13N3O2/c1-8-3-2-4-10(14)12(8)16-13(18)9-5-6-15-7-11(9)17/h2-7,17H,14H2,1H3,(H,16,18). The van der Waals surface area contributed by atoms with Crippen LogP contribution in [0, 0.1) is 6.92 Å². The largest absolute Gasteiger partial charge is 0.505 e. The number of hydrogen-bond acceptors (Lipinski definition) is 4. The lowest BCUT2D eigenvalue weighted by molar-refractivity contribution is 0.102. The molecule has 0 unspecified atom stereocenters. The molecule has 92 valence electrons. The van der Waals surface area contributed by atoms with E-state index < -0.39 is 5.91 Å². The minimum absolute atomic E-state index is 0.160. The highest BCUT2D eigenvalue weighted by molar-refractivity contribution is 6.07. The van der Waals surface area contributed by atoms with Gasteiger partial charge in [-0.15, -0.1) is 0 Å². The van der Waals surface area contributed by atoms with Gasteiger partial charge in [0.05, 0.1) is 23.1 Å². The predicted molar refractivity (Wildman–Crippen MR) is 69.4 cm³/mol. The fraction of sp³-hybridized carbons (Fsp3) is 0.0769. The Morgan fingerprint density at radius 3 is 2.83 bits per heavy atom. The van der Waals surface area contributed by atoms with Gasteiger partial charge in [0.1, 0.15) is 5.75 Å². The van der Waals surface area contributed by atoms with E-state index in [2.05, 4.69) is 10.3 Å². The normalized spacial score (nSPS) is 10.1. The van der Waals surface area contributed by atoms with E-state index in [0.717, 1.165) is 5.56 Å². The van der Waals surface area contributed by atoms with Crippen molar-refractivity contribution in [3.05, 3.63) is 47.8 Å². The van der Waals surface area contributed by atoms with E-state index in [0.29, 0.717) is 11.4 Å². The van der Waals surface area contributed by atoms with E-state index >= 15 is 0 Å². The third kappa shape index (κ3) is 2.24. The van der Waals surface area contributed by atoms with E-state index in [9.17, 15) is 9.90 Å².